The normalized spacial score (nSPS) is 13.4. The molecule has 96 valence electrons. The number of pyridine rings is 1. The second-order valence-electron chi connectivity index (χ2n) is 4.05. The minimum Gasteiger partial charge on any atom is -0.367 e. The Balaban J connectivity index is 2.78. The van der Waals surface area contributed by atoms with Gasteiger partial charge >= 0.3 is 0 Å². The van der Waals surface area contributed by atoms with Crippen LogP contribution >= 0.6 is 0 Å². The van der Waals surface area contributed by atoms with Gasteiger partial charge in [-0.05, 0) is 18.6 Å². The molecule has 0 radical (unpaired) electrons. The highest BCUT2D eigenvalue weighted by Crippen LogP contribution is 2.17. The number of sulfone groups is 1. The van der Waals surface area contributed by atoms with Gasteiger partial charge in [-0.15, -0.1) is 0 Å². The van der Waals surface area contributed by atoms with Crippen LogP contribution in [0.4, 0.5) is 5.82 Å². The van der Waals surface area contributed by atoms with Crippen LogP contribution in [0.1, 0.15) is 19.8 Å². The van der Waals surface area contributed by atoms with Crippen LogP contribution in [0.15, 0.2) is 23.2 Å². The van der Waals surface area contributed by atoms with Gasteiger partial charge in [0.1, 0.15) is 10.7 Å². The first-order valence-electron chi connectivity index (χ1n) is 5.59. The zero-order valence-corrected chi connectivity index (χ0v) is 11.0. The van der Waals surface area contributed by atoms with Crippen LogP contribution in [-0.4, -0.2) is 32.2 Å². The van der Waals surface area contributed by atoms with Crippen LogP contribution in [0.25, 0.3) is 0 Å². The van der Waals surface area contributed by atoms with E-state index in [2.05, 4.69) is 17.2 Å². The van der Waals surface area contributed by atoms with Gasteiger partial charge in [-0.3, -0.25) is 0 Å². The zero-order chi connectivity index (χ0) is 12.9. The zero-order valence-electron chi connectivity index (χ0n) is 10.2. The van der Waals surface area contributed by atoms with Gasteiger partial charge in [-0.1, -0.05) is 13.3 Å². The highest BCUT2D eigenvalue weighted by atomic mass is 32.2. The van der Waals surface area contributed by atoms with Crippen LogP contribution in [0.5, 0.6) is 0 Å². The largest absolute Gasteiger partial charge is 0.367 e. The highest BCUT2D eigenvalue weighted by molar-refractivity contribution is 7.90. The fourth-order valence-corrected chi connectivity index (χ4v) is 2.32. The molecule has 0 fully saturated rings. The van der Waals surface area contributed by atoms with Crippen molar-refractivity contribution in [2.45, 2.75) is 30.7 Å². The number of nitrogens with one attached hydrogen (secondary N) is 1. The molecule has 6 heteroatoms. The lowest BCUT2D eigenvalue weighted by molar-refractivity contribution is 0.600. The van der Waals surface area contributed by atoms with Crippen molar-refractivity contribution in [1.82, 2.24) is 4.98 Å². The van der Waals surface area contributed by atoms with Gasteiger partial charge in [-0.25, -0.2) is 13.4 Å². The van der Waals surface area contributed by atoms with Gasteiger partial charge in [0.25, 0.3) is 0 Å². The topological polar surface area (TPSA) is 85.1 Å². The number of rotatable bonds is 6. The maximum absolute atomic E-state index is 11.5. The van der Waals surface area contributed by atoms with Crippen molar-refractivity contribution < 1.29 is 8.42 Å². The molecule has 1 aromatic heterocycles. The Kier molecular flexibility index (Phi) is 4.89. The van der Waals surface area contributed by atoms with Gasteiger partial charge in [0.05, 0.1) is 0 Å². The maximum atomic E-state index is 11.5. The smallest absolute Gasteiger partial charge is 0.179 e. The first-order chi connectivity index (χ1) is 7.95. The van der Waals surface area contributed by atoms with Crippen LogP contribution in [0, 0.1) is 0 Å². The quantitative estimate of drug-likeness (QED) is 0.795. The molecule has 0 aromatic carbocycles. The molecule has 1 heterocycles. The third kappa shape index (κ3) is 4.32. The summed E-state index contributed by atoms with van der Waals surface area (Å²) < 4.78 is 23.0. The minimum absolute atomic E-state index is 0.00872. The summed E-state index contributed by atoms with van der Waals surface area (Å²) in [5.41, 5.74) is 5.85. The summed E-state index contributed by atoms with van der Waals surface area (Å²) in [6, 6.07) is 3.15. The van der Waals surface area contributed by atoms with Gasteiger partial charge in [0.2, 0.25) is 0 Å². The molecule has 1 aromatic rings. The summed E-state index contributed by atoms with van der Waals surface area (Å²) in [5.74, 6) is 0.376. The van der Waals surface area contributed by atoms with Gasteiger partial charge in [0, 0.05) is 25.0 Å². The standard InChI is InChI=1S/C11H19N3O2S/c1-3-5-9(12)8-14-11-10(17(2,15)16)6-4-7-13-11/h4,6-7,9H,3,5,8,12H2,1-2H3,(H,13,14). The van der Waals surface area contributed by atoms with E-state index >= 15 is 0 Å². The van der Waals surface area contributed by atoms with E-state index in [1.54, 1.807) is 12.3 Å². The number of anilines is 1. The van der Waals surface area contributed by atoms with E-state index < -0.39 is 9.84 Å². The Morgan fingerprint density at radius 2 is 2.24 bits per heavy atom. The van der Waals surface area contributed by atoms with Gasteiger partial charge in [-0.2, -0.15) is 0 Å². The predicted octanol–water partition coefficient (Wildman–Crippen LogP) is 1.02. The molecule has 1 atom stereocenters. The second-order valence-corrected chi connectivity index (χ2v) is 6.04. The van der Waals surface area contributed by atoms with Crippen LogP contribution < -0.4 is 11.1 Å². The summed E-state index contributed by atoms with van der Waals surface area (Å²) in [5, 5.41) is 2.99. The first kappa shape index (κ1) is 13.9. The van der Waals surface area contributed by atoms with Crippen molar-refractivity contribution in [3.8, 4) is 0 Å². The van der Waals surface area contributed by atoms with Gasteiger partial charge < -0.3 is 11.1 Å². The molecule has 5 nitrogen and oxygen atoms in total. The average molecular weight is 257 g/mol. The van der Waals surface area contributed by atoms with Crippen LogP contribution in [-0.2, 0) is 9.84 Å². The van der Waals surface area contributed by atoms with Crippen molar-refractivity contribution in [3.63, 3.8) is 0 Å². The molecule has 0 aliphatic carbocycles. The van der Waals surface area contributed by atoms with E-state index in [9.17, 15) is 8.42 Å². The Morgan fingerprint density at radius 3 is 2.82 bits per heavy atom. The molecule has 0 spiro atoms. The third-order valence-corrected chi connectivity index (χ3v) is 3.49. The van der Waals surface area contributed by atoms with Crippen LogP contribution in [0.3, 0.4) is 0 Å². The number of hydrogen-bond donors (Lipinski definition) is 2. The Labute approximate surface area is 102 Å². The van der Waals surface area contributed by atoms with Gasteiger partial charge in [0.15, 0.2) is 9.84 Å². The van der Waals surface area contributed by atoms with Crippen molar-refractivity contribution >= 4 is 15.7 Å². The minimum atomic E-state index is -3.26. The molecular formula is C11H19N3O2S. The summed E-state index contributed by atoms with van der Waals surface area (Å²) >= 11 is 0. The van der Waals surface area contributed by atoms with Crippen molar-refractivity contribution in [3.05, 3.63) is 18.3 Å². The van der Waals surface area contributed by atoms with E-state index in [1.165, 1.54) is 12.3 Å². The van der Waals surface area contributed by atoms with E-state index in [4.69, 9.17) is 5.73 Å². The molecule has 1 rings (SSSR count). The first-order valence-corrected chi connectivity index (χ1v) is 7.48. The molecule has 0 saturated carbocycles. The van der Waals surface area contributed by atoms with Crippen molar-refractivity contribution in [1.29, 1.82) is 0 Å². The second kappa shape index (κ2) is 5.97. The lowest BCUT2D eigenvalue weighted by Crippen LogP contribution is -2.29. The Morgan fingerprint density at radius 1 is 1.53 bits per heavy atom. The maximum Gasteiger partial charge on any atom is 0.179 e. The Hall–Kier alpha value is -1.14. The number of aromatic nitrogens is 1. The summed E-state index contributed by atoms with van der Waals surface area (Å²) in [6.45, 7) is 2.58. The molecule has 0 saturated heterocycles. The summed E-state index contributed by atoms with van der Waals surface area (Å²) in [6.07, 6.45) is 4.63. The number of nitrogens with zero attached hydrogens (tertiary/aromatic N) is 1. The van der Waals surface area contributed by atoms with E-state index in [1.807, 2.05) is 0 Å². The van der Waals surface area contributed by atoms with Crippen molar-refractivity contribution in [2.75, 3.05) is 18.1 Å². The fourth-order valence-electron chi connectivity index (χ4n) is 1.52. The number of nitrogens with two attached hydrogens (primary N) is 1. The summed E-state index contributed by atoms with van der Waals surface area (Å²) in [4.78, 5) is 4.24. The third-order valence-electron chi connectivity index (χ3n) is 2.36. The monoisotopic (exact) mass is 257 g/mol. The Bertz CT molecular complexity index is 460. The van der Waals surface area contributed by atoms with E-state index in [0.29, 0.717) is 12.4 Å². The molecule has 1 unspecified atom stereocenters. The highest BCUT2D eigenvalue weighted by Gasteiger charge is 2.14. The molecule has 17 heavy (non-hydrogen) atoms. The molecule has 0 aliphatic heterocycles. The summed E-state index contributed by atoms with van der Waals surface area (Å²) in [7, 11) is -3.26. The molecule has 0 amide bonds. The lowest BCUT2D eigenvalue weighted by atomic mass is 10.2. The molecular weight excluding hydrogens is 238 g/mol. The molecule has 0 bridgehead atoms. The van der Waals surface area contributed by atoms with Crippen LogP contribution in [0.2, 0.25) is 0 Å². The predicted molar refractivity (Wildman–Crippen MR) is 68.7 cm³/mol. The number of hydrogen-bond acceptors (Lipinski definition) is 5. The fraction of sp³-hybridized carbons (Fsp3) is 0.545. The average Bonchev–Trinajstić information content (AvgIpc) is 2.26. The lowest BCUT2D eigenvalue weighted by Gasteiger charge is -2.13. The molecule has 0 aliphatic rings. The van der Waals surface area contributed by atoms with E-state index in [-0.39, 0.29) is 10.9 Å². The molecule has 3 N–H and O–H groups in total. The SMILES string of the molecule is CCCC(N)CNc1ncccc1S(C)(=O)=O. The van der Waals surface area contributed by atoms with Crippen molar-refractivity contribution in [2.24, 2.45) is 5.73 Å². The van der Waals surface area contributed by atoms with E-state index in [0.717, 1.165) is 12.8 Å².